The third-order valence-electron chi connectivity index (χ3n) is 5.13. The van der Waals surface area contributed by atoms with Crippen LogP contribution in [0.2, 0.25) is 0 Å². The molecule has 2 heterocycles. The van der Waals surface area contributed by atoms with Crippen molar-refractivity contribution in [1.29, 1.82) is 0 Å². The molecule has 1 aliphatic rings. The lowest BCUT2D eigenvalue weighted by atomic mass is 10.1. The fraction of sp³-hybridized carbons (Fsp3) is 0.273. The second-order valence-corrected chi connectivity index (χ2v) is 6.94. The standard InChI is InChI=1S/C22H21NO5/c1-13-10-15-6-4-5-7-18(15)23(13)20(24)12-27-22(25)21-14(2)17-11-16(26-3)8-9-19(17)28-21/h4-9,11,13H,10,12H2,1-3H3/t13-/m1/s1. The first-order valence-corrected chi connectivity index (χ1v) is 9.14. The van der Waals surface area contributed by atoms with Crippen LogP contribution in [0, 0.1) is 6.92 Å². The van der Waals surface area contributed by atoms with Gasteiger partial charge in [-0.05, 0) is 50.1 Å². The van der Waals surface area contributed by atoms with E-state index in [1.54, 1.807) is 37.1 Å². The Morgan fingerprint density at radius 2 is 2.00 bits per heavy atom. The number of hydrogen-bond acceptors (Lipinski definition) is 5. The number of amides is 1. The Morgan fingerprint density at radius 1 is 1.21 bits per heavy atom. The summed E-state index contributed by atoms with van der Waals surface area (Å²) >= 11 is 0. The highest BCUT2D eigenvalue weighted by Gasteiger charge is 2.31. The van der Waals surface area contributed by atoms with E-state index in [1.165, 1.54) is 0 Å². The number of carbonyl (C=O) groups excluding carboxylic acids is 2. The smallest absolute Gasteiger partial charge is 0.375 e. The highest BCUT2D eigenvalue weighted by molar-refractivity contribution is 6.00. The van der Waals surface area contributed by atoms with E-state index in [-0.39, 0.29) is 24.3 Å². The van der Waals surface area contributed by atoms with Crippen molar-refractivity contribution in [3.63, 3.8) is 0 Å². The summed E-state index contributed by atoms with van der Waals surface area (Å²) in [5.74, 6) is -0.124. The first-order chi connectivity index (χ1) is 13.5. The van der Waals surface area contributed by atoms with E-state index < -0.39 is 5.97 Å². The van der Waals surface area contributed by atoms with Gasteiger partial charge in [0.05, 0.1) is 7.11 Å². The van der Waals surface area contributed by atoms with Gasteiger partial charge in [-0.3, -0.25) is 4.79 Å². The molecule has 1 atom stereocenters. The number of ether oxygens (including phenoxy) is 2. The minimum absolute atomic E-state index is 0.0315. The van der Waals surface area contributed by atoms with Crippen molar-refractivity contribution >= 4 is 28.5 Å². The molecule has 0 saturated carbocycles. The first-order valence-electron chi connectivity index (χ1n) is 9.14. The topological polar surface area (TPSA) is 69.0 Å². The molecular formula is C22H21NO5. The molecule has 0 radical (unpaired) electrons. The lowest BCUT2D eigenvalue weighted by Crippen LogP contribution is -2.38. The largest absolute Gasteiger partial charge is 0.497 e. The lowest BCUT2D eigenvalue weighted by molar-refractivity contribution is -0.122. The number of esters is 1. The van der Waals surface area contributed by atoms with Gasteiger partial charge in [-0.2, -0.15) is 0 Å². The Morgan fingerprint density at radius 3 is 2.79 bits per heavy atom. The Kier molecular flexibility index (Phi) is 4.55. The van der Waals surface area contributed by atoms with Crippen molar-refractivity contribution < 1.29 is 23.5 Å². The predicted octanol–water partition coefficient (Wildman–Crippen LogP) is 3.88. The van der Waals surface area contributed by atoms with Crippen LogP contribution in [0.5, 0.6) is 5.75 Å². The highest BCUT2D eigenvalue weighted by atomic mass is 16.5. The van der Waals surface area contributed by atoms with Crippen LogP contribution in [0.4, 0.5) is 5.69 Å². The number of methoxy groups -OCH3 is 1. The zero-order valence-corrected chi connectivity index (χ0v) is 16.0. The van der Waals surface area contributed by atoms with Gasteiger partial charge >= 0.3 is 5.97 Å². The molecule has 4 rings (SSSR count). The molecule has 0 unspecified atom stereocenters. The monoisotopic (exact) mass is 379 g/mol. The van der Waals surface area contributed by atoms with Crippen molar-refractivity contribution in [2.24, 2.45) is 0 Å². The Bertz CT molecular complexity index is 1070. The molecule has 0 fully saturated rings. The van der Waals surface area contributed by atoms with Crippen molar-refractivity contribution in [1.82, 2.24) is 0 Å². The lowest BCUT2D eigenvalue weighted by Gasteiger charge is -2.22. The van der Waals surface area contributed by atoms with E-state index in [0.29, 0.717) is 16.9 Å². The summed E-state index contributed by atoms with van der Waals surface area (Å²) in [6.07, 6.45) is 0.792. The average molecular weight is 379 g/mol. The van der Waals surface area contributed by atoms with Crippen LogP contribution in [0.3, 0.4) is 0 Å². The molecule has 0 spiro atoms. The maximum atomic E-state index is 12.7. The molecule has 0 saturated heterocycles. The molecule has 1 amide bonds. The van der Waals surface area contributed by atoms with Gasteiger partial charge in [-0.15, -0.1) is 0 Å². The summed E-state index contributed by atoms with van der Waals surface area (Å²) in [6.45, 7) is 3.43. The quantitative estimate of drug-likeness (QED) is 0.644. The normalized spacial score (nSPS) is 15.5. The van der Waals surface area contributed by atoms with Gasteiger partial charge < -0.3 is 18.8 Å². The summed E-state index contributed by atoms with van der Waals surface area (Å²) in [5, 5.41) is 0.778. The number of rotatable bonds is 4. The van der Waals surface area contributed by atoms with E-state index in [1.807, 2.05) is 31.2 Å². The van der Waals surface area contributed by atoms with Crippen molar-refractivity contribution in [2.45, 2.75) is 26.3 Å². The zero-order chi connectivity index (χ0) is 19.8. The number of anilines is 1. The predicted molar refractivity (Wildman–Crippen MR) is 105 cm³/mol. The molecule has 28 heavy (non-hydrogen) atoms. The maximum absolute atomic E-state index is 12.7. The fourth-order valence-corrected chi connectivity index (χ4v) is 3.73. The molecule has 1 aromatic heterocycles. The van der Waals surface area contributed by atoms with Crippen LogP contribution in [0.1, 0.15) is 28.6 Å². The van der Waals surface area contributed by atoms with E-state index in [0.717, 1.165) is 23.1 Å². The van der Waals surface area contributed by atoms with E-state index in [9.17, 15) is 9.59 Å². The zero-order valence-electron chi connectivity index (χ0n) is 16.0. The summed E-state index contributed by atoms with van der Waals surface area (Å²) in [7, 11) is 1.58. The van der Waals surface area contributed by atoms with Gasteiger partial charge in [0, 0.05) is 22.7 Å². The van der Waals surface area contributed by atoms with Crippen LogP contribution in [0.15, 0.2) is 46.9 Å². The number of fused-ring (bicyclic) bond motifs is 2. The van der Waals surface area contributed by atoms with E-state index in [2.05, 4.69) is 0 Å². The Hall–Kier alpha value is -3.28. The van der Waals surface area contributed by atoms with E-state index >= 15 is 0 Å². The molecule has 3 aromatic rings. The summed E-state index contributed by atoms with van der Waals surface area (Å²) < 4.78 is 16.1. The fourth-order valence-electron chi connectivity index (χ4n) is 3.73. The summed E-state index contributed by atoms with van der Waals surface area (Å²) in [6, 6.07) is 13.1. The first kappa shape index (κ1) is 18.1. The second-order valence-electron chi connectivity index (χ2n) is 6.94. The van der Waals surface area contributed by atoms with Crippen LogP contribution >= 0.6 is 0 Å². The number of aryl methyl sites for hydroxylation is 1. The Labute approximate surface area is 162 Å². The van der Waals surface area contributed by atoms with E-state index in [4.69, 9.17) is 13.9 Å². The second kappa shape index (κ2) is 7.03. The molecule has 0 aliphatic carbocycles. The maximum Gasteiger partial charge on any atom is 0.375 e. The Balaban J connectivity index is 1.50. The minimum Gasteiger partial charge on any atom is -0.497 e. The van der Waals surface area contributed by atoms with Crippen LogP contribution in [-0.2, 0) is 16.0 Å². The van der Waals surface area contributed by atoms with Crippen molar-refractivity contribution in [2.75, 3.05) is 18.6 Å². The highest BCUT2D eigenvalue weighted by Crippen LogP contribution is 2.32. The third kappa shape index (κ3) is 3.01. The number of para-hydroxylation sites is 1. The number of furan rings is 1. The van der Waals surface area contributed by atoms with Gasteiger partial charge in [0.1, 0.15) is 11.3 Å². The third-order valence-corrected chi connectivity index (χ3v) is 5.13. The van der Waals surface area contributed by atoms with Gasteiger partial charge in [-0.25, -0.2) is 4.79 Å². The molecule has 0 N–H and O–H groups in total. The average Bonchev–Trinajstić information content (AvgIpc) is 3.21. The minimum atomic E-state index is -0.652. The SMILES string of the molecule is COc1ccc2oc(C(=O)OCC(=O)N3c4ccccc4C[C@H]3C)c(C)c2c1. The van der Waals surface area contributed by atoms with Crippen molar-refractivity contribution in [3.05, 3.63) is 59.4 Å². The summed E-state index contributed by atoms with van der Waals surface area (Å²) in [5.41, 5.74) is 3.23. The van der Waals surface area contributed by atoms with Gasteiger partial charge in [0.2, 0.25) is 5.76 Å². The number of carbonyl (C=O) groups is 2. The van der Waals surface area contributed by atoms with Crippen LogP contribution in [0.25, 0.3) is 11.0 Å². The molecule has 1 aliphatic heterocycles. The number of hydrogen-bond donors (Lipinski definition) is 0. The molecule has 6 nitrogen and oxygen atoms in total. The van der Waals surface area contributed by atoms with Gasteiger partial charge in [-0.1, -0.05) is 18.2 Å². The molecule has 6 heteroatoms. The number of nitrogens with zero attached hydrogens (tertiary/aromatic N) is 1. The molecule has 144 valence electrons. The number of benzene rings is 2. The summed E-state index contributed by atoms with van der Waals surface area (Å²) in [4.78, 5) is 26.9. The van der Waals surface area contributed by atoms with Gasteiger partial charge in [0.25, 0.3) is 5.91 Å². The van der Waals surface area contributed by atoms with Crippen molar-refractivity contribution in [3.8, 4) is 5.75 Å². The molecule has 2 aromatic carbocycles. The van der Waals surface area contributed by atoms with Gasteiger partial charge in [0.15, 0.2) is 6.61 Å². The molecule has 0 bridgehead atoms. The van der Waals surface area contributed by atoms with Crippen LogP contribution < -0.4 is 9.64 Å². The van der Waals surface area contributed by atoms with Crippen LogP contribution in [-0.4, -0.2) is 31.6 Å². The molecular weight excluding hydrogens is 358 g/mol.